The van der Waals surface area contributed by atoms with Crippen LogP contribution in [0.2, 0.25) is 5.15 Å². The summed E-state index contributed by atoms with van der Waals surface area (Å²) in [5.41, 5.74) is 2.70. The van der Waals surface area contributed by atoms with Gasteiger partial charge in [-0.05, 0) is 66.1 Å². The molecule has 0 aliphatic carbocycles. The number of hydrogen-bond donors (Lipinski definition) is 3. The number of carbonyl (C=O) groups excluding carboxylic acids is 1. The van der Waals surface area contributed by atoms with Gasteiger partial charge in [0.25, 0.3) is 0 Å². The maximum Gasteiger partial charge on any atom is 0.488 e. The molecule has 0 spiro atoms. The largest absolute Gasteiger partial charge is 0.497 e. The lowest BCUT2D eigenvalue weighted by molar-refractivity contribution is 0.0599. The number of hydrogen-bond acceptors (Lipinski definition) is 9. The van der Waals surface area contributed by atoms with Crippen LogP contribution >= 0.6 is 11.6 Å². The quantitative estimate of drug-likeness (QED) is 0.185. The average molecular weight is 553 g/mol. The van der Waals surface area contributed by atoms with E-state index in [0.717, 1.165) is 17.0 Å². The Balaban J connectivity index is 0.000000214. The van der Waals surface area contributed by atoms with Crippen molar-refractivity contribution in [3.8, 4) is 22.8 Å². The predicted molar refractivity (Wildman–Crippen MR) is 147 cm³/mol. The van der Waals surface area contributed by atoms with Crippen molar-refractivity contribution in [2.45, 2.75) is 0 Å². The van der Waals surface area contributed by atoms with E-state index in [0.29, 0.717) is 21.9 Å². The van der Waals surface area contributed by atoms with Crippen molar-refractivity contribution in [1.29, 1.82) is 0 Å². The van der Waals surface area contributed by atoms with Crippen molar-refractivity contribution in [3.05, 3.63) is 101 Å². The lowest BCUT2D eigenvalue weighted by atomic mass is 9.80. The van der Waals surface area contributed by atoms with E-state index in [-0.39, 0.29) is 5.56 Å². The number of esters is 1. The summed E-state index contributed by atoms with van der Waals surface area (Å²) >= 11 is 5.50. The van der Waals surface area contributed by atoms with Gasteiger partial charge in [0.05, 0.1) is 38.2 Å². The molecule has 4 aromatic rings. The van der Waals surface area contributed by atoms with Gasteiger partial charge < -0.3 is 29.4 Å². The molecule has 202 valence electrons. The molecule has 12 heteroatoms. The second kappa shape index (κ2) is 15.7. The number of benzene rings is 2. The highest BCUT2D eigenvalue weighted by Gasteiger charge is 2.09. The van der Waals surface area contributed by atoms with Crippen LogP contribution in [-0.4, -0.2) is 65.5 Å². The first-order chi connectivity index (χ1) is 18.7. The van der Waals surface area contributed by atoms with Crippen LogP contribution in [0, 0.1) is 0 Å². The fourth-order valence-electron chi connectivity index (χ4n) is 2.84. The first-order valence-electron chi connectivity index (χ1n) is 11.2. The first kappa shape index (κ1) is 30.8. The minimum atomic E-state index is -1.40. The fourth-order valence-corrected chi connectivity index (χ4v) is 2.96. The molecular weight excluding hydrogens is 527 g/mol. The minimum Gasteiger partial charge on any atom is -0.497 e. The van der Waals surface area contributed by atoms with Gasteiger partial charge in [-0.15, -0.1) is 0 Å². The Labute approximate surface area is 230 Å². The molecule has 0 radical (unpaired) electrons. The highest BCUT2D eigenvalue weighted by Crippen LogP contribution is 2.20. The topological polar surface area (TPSA) is 148 Å². The van der Waals surface area contributed by atoms with Crippen molar-refractivity contribution in [1.82, 2.24) is 9.97 Å². The zero-order chi connectivity index (χ0) is 28.8. The maximum atomic E-state index is 10.8. The fraction of sp³-hybridized carbons (Fsp3) is 0.111. The van der Waals surface area contributed by atoms with Gasteiger partial charge in [-0.1, -0.05) is 23.7 Å². The number of rotatable bonds is 6. The summed E-state index contributed by atoms with van der Waals surface area (Å²) in [6.07, 6.45) is 2.72. The van der Waals surface area contributed by atoms with E-state index in [1.54, 1.807) is 50.6 Å². The second-order valence-corrected chi connectivity index (χ2v) is 7.86. The minimum absolute atomic E-state index is 0.183. The van der Waals surface area contributed by atoms with Crippen molar-refractivity contribution in [2.75, 3.05) is 21.3 Å². The molecule has 0 amide bonds. The number of pyridine rings is 2. The van der Waals surface area contributed by atoms with Gasteiger partial charge in [-0.3, -0.25) is 4.98 Å². The van der Waals surface area contributed by atoms with Crippen LogP contribution in [0.1, 0.15) is 20.7 Å². The van der Waals surface area contributed by atoms with Crippen LogP contribution in [0.5, 0.6) is 11.5 Å². The molecule has 39 heavy (non-hydrogen) atoms. The molecule has 2 aromatic heterocycles. The van der Waals surface area contributed by atoms with E-state index < -0.39 is 19.1 Å². The van der Waals surface area contributed by atoms with Crippen molar-refractivity contribution >= 4 is 36.1 Å². The van der Waals surface area contributed by atoms with Gasteiger partial charge in [0.1, 0.15) is 16.7 Å². The molecular formula is C27H26BClN2O8. The lowest BCUT2D eigenvalue weighted by Gasteiger charge is -2.03. The third kappa shape index (κ3) is 10.1. The standard InChI is InChI=1S/C13H11NO3.C7H9BO3.C7H6ClNO2/c1-17-11-5-2-9(3-6-11)12-7-4-10(8-14-12)13(15)16;1-11-7-4-2-6(3-5-7)8(9)10;1-11-7(10)5-2-3-6(8)9-4-5/h2-8H,1H3,(H,15,16);2-5,9-10H,1H3;2-4H,1H3. The van der Waals surface area contributed by atoms with Gasteiger partial charge in [0.2, 0.25) is 0 Å². The third-order valence-electron chi connectivity index (χ3n) is 4.96. The summed E-state index contributed by atoms with van der Waals surface area (Å²) in [6, 6.07) is 20.3. The zero-order valence-electron chi connectivity index (χ0n) is 21.3. The molecule has 4 rings (SSSR count). The van der Waals surface area contributed by atoms with Crippen LogP contribution in [0.3, 0.4) is 0 Å². The van der Waals surface area contributed by atoms with E-state index in [4.69, 9.17) is 36.2 Å². The van der Waals surface area contributed by atoms with Crippen molar-refractivity contribution in [2.24, 2.45) is 0 Å². The Morgan fingerprint density at radius 2 is 1.28 bits per heavy atom. The van der Waals surface area contributed by atoms with E-state index in [2.05, 4.69) is 14.7 Å². The molecule has 0 fully saturated rings. The van der Waals surface area contributed by atoms with E-state index in [1.165, 1.54) is 31.6 Å². The Hall–Kier alpha value is -4.45. The number of ether oxygens (including phenoxy) is 3. The van der Waals surface area contributed by atoms with Gasteiger partial charge in [0, 0.05) is 18.0 Å². The van der Waals surface area contributed by atoms with Gasteiger partial charge in [0.15, 0.2) is 0 Å². The molecule has 0 aliphatic heterocycles. The smallest absolute Gasteiger partial charge is 0.488 e. The van der Waals surface area contributed by atoms with Crippen molar-refractivity contribution < 1.29 is 39.0 Å². The highest BCUT2D eigenvalue weighted by atomic mass is 35.5. The van der Waals surface area contributed by atoms with Crippen LogP contribution < -0.4 is 14.9 Å². The number of halogens is 1. The molecule has 0 saturated carbocycles. The first-order valence-corrected chi connectivity index (χ1v) is 11.6. The Morgan fingerprint density at radius 3 is 1.69 bits per heavy atom. The van der Waals surface area contributed by atoms with E-state index in [1.807, 2.05) is 24.3 Å². The number of aromatic carboxylic acids is 1. The van der Waals surface area contributed by atoms with Gasteiger partial charge in [-0.25, -0.2) is 14.6 Å². The van der Waals surface area contributed by atoms with Crippen LogP contribution in [0.4, 0.5) is 0 Å². The highest BCUT2D eigenvalue weighted by molar-refractivity contribution is 6.58. The summed E-state index contributed by atoms with van der Waals surface area (Å²) in [7, 11) is 3.08. The Kier molecular flexibility index (Phi) is 12.4. The zero-order valence-corrected chi connectivity index (χ0v) is 22.1. The molecule has 2 heterocycles. The summed E-state index contributed by atoms with van der Waals surface area (Å²) in [5, 5.41) is 26.5. The molecule has 3 N–H and O–H groups in total. The number of carbonyl (C=O) groups is 2. The Morgan fingerprint density at radius 1 is 0.744 bits per heavy atom. The van der Waals surface area contributed by atoms with Gasteiger partial charge >= 0.3 is 19.1 Å². The SMILES string of the molecule is COC(=O)c1ccc(Cl)nc1.COc1ccc(-c2ccc(C(=O)O)cn2)cc1.COc1ccc(B(O)O)cc1. The monoisotopic (exact) mass is 552 g/mol. The molecule has 0 bridgehead atoms. The number of methoxy groups -OCH3 is 3. The van der Waals surface area contributed by atoms with Gasteiger partial charge in [-0.2, -0.15) is 0 Å². The van der Waals surface area contributed by atoms with Crippen LogP contribution in [0.25, 0.3) is 11.3 Å². The van der Waals surface area contributed by atoms with Crippen LogP contribution in [-0.2, 0) is 4.74 Å². The molecule has 2 aromatic carbocycles. The average Bonchev–Trinajstić information content (AvgIpc) is 2.98. The van der Waals surface area contributed by atoms with Crippen LogP contribution in [0.15, 0.2) is 85.2 Å². The number of nitrogens with zero attached hydrogens (tertiary/aromatic N) is 2. The van der Waals surface area contributed by atoms with E-state index >= 15 is 0 Å². The Bertz CT molecular complexity index is 1320. The molecule has 0 saturated heterocycles. The third-order valence-corrected chi connectivity index (χ3v) is 5.18. The number of carboxylic acid groups (broad SMARTS) is 1. The maximum absolute atomic E-state index is 10.8. The summed E-state index contributed by atoms with van der Waals surface area (Å²) in [5.74, 6) is 0.0956. The summed E-state index contributed by atoms with van der Waals surface area (Å²) in [6.45, 7) is 0. The predicted octanol–water partition coefficient (Wildman–Crippen LogP) is 3.35. The van der Waals surface area contributed by atoms with Crippen molar-refractivity contribution in [3.63, 3.8) is 0 Å². The second-order valence-electron chi connectivity index (χ2n) is 7.47. The lowest BCUT2D eigenvalue weighted by Crippen LogP contribution is -2.29. The number of aromatic nitrogens is 2. The normalized spacial score (nSPS) is 9.59. The molecule has 0 aliphatic rings. The molecule has 0 unspecified atom stereocenters. The van der Waals surface area contributed by atoms with E-state index in [9.17, 15) is 9.59 Å². The summed E-state index contributed by atoms with van der Waals surface area (Å²) < 4.78 is 14.4. The summed E-state index contributed by atoms with van der Waals surface area (Å²) in [4.78, 5) is 29.3. The number of carboxylic acids is 1. The molecule has 0 atom stereocenters. The molecule has 10 nitrogen and oxygen atoms in total.